The molecule has 2 aromatic heterocycles. The van der Waals surface area contributed by atoms with Crippen LogP contribution in [0.25, 0.3) is 82.5 Å². The molecule has 0 bridgehead atoms. The van der Waals surface area contributed by atoms with Crippen molar-refractivity contribution in [2.24, 2.45) is 0 Å². The third-order valence-electron chi connectivity index (χ3n) is 15.3. The van der Waals surface area contributed by atoms with E-state index < -0.39 is 5.41 Å². The van der Waals surface area contributed by atoms with Crippen LogP contribution in [0.3, 0.4) is 0 Å². The average Bonchev–Trinajstić information content (AvgIpc) is 3.95. The first-order valence-corrected chi connectivity index (χ1v) is 24.5. The van der Waals surface area contributed by atoms with Crippen LogP contribution in [0.4, 0.5) is 11.4 Å². The summed E-state index contributed by atoms with van der Waals surface area (Å²) in [7, 11) is 0. The van der Waals surface area contributed by atoms with Crippen LogP contribution in [0.2, 0.25) is 0 Å². The van der Waals surface area contributed by atoms with E-state index in [1.807, 2.05) is 6.07 Å². The van der Waals surface area contributed by atoms with Crippen LogP contribution in [0.15, 0.2) is 229 Å². The van der Waals surface area contributed by atoms with E-state index in [1.165, 1.54) is 98.3 Å². The van der Waals surface area contributed by atoms with Crippen LogP contribution in [-0.2, 0) is 5.41 Å². The molecule has 11 aromatic rings. The zero-order valence-electron chi connectivity index (χ0n) is 38.4. The number of para-hydroxylation sites is 4. The largest absolute Gasteiger partial charge is 0.456 e. The Morgan fingerprint density at radius 1 is 0.529 bits per heavy atom. The highest BCUT2D eigenvalue weighted by Crippen LogP contribution is 2.49. The summed E-state index contributed by atoms with van der Waals surface area (Å²) in [5, 5.41) is 7.49. The van der Waals surface area contributed by atoms with E-state index in [0.29, 0.717) is 5.92 Å². The van der Waals surface area contributed by atoms with Crippen molar-refractivity contribution in [3.63, 3.8) is 0 Å². The number of nitrogens with zero attached hydrogens (tertiary/aromatic N) is 2. The molecule has 328 valence electrons. The quantitative estimate of drug-likeness (QED) is 0.152. The maximum absolute atomic E-state index is 6.44. The van der Waals surface area contributed by atoms with Gasteiger partial charge in [-0.15, -0.1) is 0 Å². The smallest absolute Gasteiger partial charge is 0.136 e. The normalized spacial score (nSPS) is 17.5. The van der Waals surface area contributed by atoms with E-state index >= 15 is 0 Å². The molecule has 0 saturated heterocycles. The standard InChI is InChI=1S/C65H52N2O/c1-65(48-37-39-60-57(43-48)53-28-9-11-32-58(53)66(60)49-24-6-3-7-25-49)40-15-14-35-63(65)67(50-26-16-23-46(41-50)47-36-38-55-54-29-10-13-34-61(54)68-62(55)42-47)59-33-12-8-27-52(59)56-31-18-22-45-21-17-30-51(64(45)56)44-19-4-2-5-20-44/h3,6-18,21-44,63H,2,4-5,19-20H2,1H3. The molecule has 0 N–H and O–H groups in total. The summed E-state index contributed by atoms with van der Waals surface area (Å²) in [6, 6.07) is 74.0. The molecule has 13 rings (SSSR count). The van der Waals surface area contributed by atoms with Gasteiger partial charge in [-0.3, -0.25) is 0 Å². The van der Waals surface area contributed by atoms with Crippen LogP contribution in [-0.4, -0.2) is 10.6 Å². The summed E-state index contributed by atoms with van der Waals surface area (Å²) < 4.78 is 8.85. The zero-order chi connectivity index (χ0) is 45.2. The van der Waals surface area contributed by atoms with Gasteiger partial charge in [-0.1, -0.05) is 177 Å². The lowest BCUT2D eigenvalue weighted by molar-refractivity contribution is 0.445. The molecule has 2 heterocycles. The molecule has 2 aliphatic carbocycles. The number of allylic oxidation sites excluding steroid dienone is 2. The molecule has 2 unspecified atom stereocenters. The van der Waals surface area contributed by atoms with Gasteiger partial charge in [0.1, 0.15) is 11.2 Å². The average molecular weight is 877 g/mol. The second-order valence-electron chi connectivity index (χ2n) is 19.2. The summed E-state index contributed by atoms with van der Waals surface area (Å²) in [5.41, 5.74) is 14.8. The molecule has 2 atom stereocenters. The number of benzene rings is 9. The van der Waals surface area contributed by atoms with E-state index in [9.17, 15) is 0 Å². The first-order chi connectivity index (χ1) is 33.6. The molecule has 2 aliphatic rings. The zero-order valence-corrected chi connectivity index (χ0v) is 38.4. The predicted molar refractivity (Wildman–Crippen MR) is 287 cm³/mol. The Balaban J connectivity index is 1.02. The molecular weight excluding hydrogens is 825 g/mol. The Labute approximate surface area is 397 Å². The van der Waals surface area contributed by atoms with Crippen molar-refractivity contribution in [1.29, 1.82) is 0 Å². The van der Waals surface area contributed by atoms with Gasteiger partial charge in [0, 0.05) is 49.6 Å². The van der Waals surface area contributed by atoms with Gasteiger partial charge in [0.2, 0.25) is 0 Å². The predicted octanol–water partition coefficient (Wildman–Crippen LogP) is 17.8. The lowest BCUT2D eigenvalue weighted by Gasteiger charge is -2.45. The van der Waals surface area contributed by atoms with Crippen molar-refractivity contribution < 1.29 is 4.42 Å². The SMILES string of the molecule is CC1(c2ccc3c(c2)c2ccccc2n3-c2ccccc2)C=CC=CC1N(c1cccc(-c2ccc3c(c2)oc2ccccc23)c1)c1ccccc1-c1cccc2cccc(C3CCCCC3)c12. The molecule has 9 aromatic carbocycles. The van der Waals surface area contributed by atoms with Gasteiger partial charge >= 0.3 is 0 Å². The van der Waals surface area contributed by atoms with Crippen molar-refractivity contribution in [3.8, 4) is 27.9 Å². The number of rotatable bonds is 8. The minimum atomic E-state index is -0.443. The van der Waals surface area contributed by atoms with Gasteiger partial charge in [0.15, 0.2) is 0 Å². The van der Waals surface area contributed by atoms with Crippen molar-refractivity contribution in [1.82, 2.24) is 4.57 Å². The fourth-order valence-corrected chi connectivity index (χ4v) is 12.0. The highest BCUT2D eigenvalue weighted by atomic mass is 16.3. The third-order valence-corrected chi connectivity index (χ3v) is 15.3. The Bertz CT molecular complexity index is 3760. The second-order valence-corrected chi connectivity index (χ2v) is 19.2. The molecular formula is C65H52N2O. The van der Waals surface area contributed by atoms with Gasteiger partial charge in [0.25, 0.3) is 0 Å². The van der Waals surface area contributed by atoms with Gasteiger partial charge in [-0.05, 0) is 131 Å². The third kappa shape index (κ3) is 6.63. The molecule has 1 fully saturated rings. The number of aromatic nitrogens is 1. The van der Waals surface area contributed by atoms with Gasteiger partial charge < -0.3 is 13.9 Å². The topological polar surface area (TPSA) is 21.3 Å². The summed E-state index contributed by atoms with van der Waals surface area (Å²) in [6.45, 7) is 2.43. The highest BCUT2D eigenvalue weighted by Gasteiger charge is 2.40. The van der Waals surface area contributed by atoms with Crippen molar-refractivity contribution >= 4 is 65.9 Å². The van der Waals surface area contributed by atoms with Crippen LogP contribution >= 0.6 is 0 Å². The van der Waals surface area contributed by atoms with E-state index in [1.54, 1.807) is 0 Å². The van der Waals surface area contributed by atoms with Crippen LogP contribution < -0.4 is 4.90 Å². The minimum absolute atomic E-state index is 0.102. The van der Waals surface area contributed by atoms with Crippen molar-refractivity contribution in [2.45, 2.75) is 56.4 Å². The van der Waals surface area contributed by atoms with E-state index in [0.717, 1.165) is 38.8 Å². The molecule has 3 nitrogen and oxygen atoms in total. The molecule has 68 heavy (non-hydrogen) atoms. The Hall–Kier alpha value is -7.88. The Morgan fingerprint density at radius 3 is 2.15 bits per heavy atom. The molecule has 0 radical (unpaired) electrons. The van der Waals surface area contributed by atoms with Crippen LogP contribution in [0, 0.1) is 0 Å². The monoisotopic (exact) mass is 876 g/mol. The fourth-order valence-electron chi connectivity index (χ4n) is 12.0. The lowest BCUT2D eigenvalue weighted by Crippen LogP contribution is -2.46. The first-order valence-electron chi connectivity index (χ1n) is 24.5. The molecule has 0 aliphatic heterocycles. The van der Waals surface area contributed by atoms with Crippen molar-refractivity contribution in [2.75, 3.05) is 4.90 Å². The number of furan rings is 1. The second kappa shape index (κ2) is 16.5. The minimum Gasteiger partial charge on any atom is -0.456 e. The number of hydrogen-bond donors (Lipinski definition) is 0. The molecule has 0 amide bonds. The maximum atomic E-state index is 6.44. The maximum Gasteiger partial charge on any atom is 0.136 e. The van der Waals surface area contributed by atoms with Crippen molar-refractivity contribution in [3.05, 3.63) is 236 Å². The fraction of sp³-hybridized carbons (Fsp3) is 0.138. The molecule has 0 spiro atoms. The molecule has 3 heteroatoms. The summed E-state index contributed by atoms with van der Waals surface area (Å²) in [5.74, 6) is 0.565. The van der Waals surface area contributed by atoms with Gasteiger partial charge in [0.05, 0.1) is 17.1 Å². The van der Waals surface area contributed by atoms with Gasteiger partial charge in [-0.2, -0.15) is 0 Å². The van der Waals surface area contributed by atoms with E-state index in [4.69, 9.17) is 4.42 Å². The Kier molecular flexibility index (Phi) is 9.78. The molecule has 1 saturated carbocycles. The van der Waals surface area contributed by atoms with Crippen LogP contribution in [0.1, 0.15) is 56.1 Å². The summed E-state index contributed by atoms with van der Waals surface area (Å²) in [4.78, 5) is 2.64. The first kappa shape index (κ1) is 40.4. The number of hydrogen-bond acceptors (Lipinski definition) is 2. The van der Waals surface area contributed by atoms with Gasteiger partial charge in [-0.25, -0.2) is 0 Å². The number of anilines is 2. The van der Waals surface area contributed by atoms with Crippen LogP contribution in [0.5, 0.6) is 0 Å². The Morgan fingerprint density at radius 2 is 1.25 bits per heavy atom. The summed E-state index contributed by atoms with van der Waals surface area (Å²) >= 11 is 0. The number of fused-ring (bicyclic) bond motifs is 7. The van der Waals surface area contributed by atoms with E-state index in [2.05, 4.69) is 235 Å². The summed E-state index contributed by atoms with van der Waals surface area (Å²) in [6.07, 6.45) is 15.8. The lowest BCUT2D eigenvalue weighted by atomic mass is 9.72. The van der Waals surface area contributed by atoms with E-state index in [-0.39, 0.29) is 6.04 Å². The highest BCUT2D eigenvalue weighted by molar-refractivity contribution is 6.10.